The number of carbonyl (C=O) groups excluding carboxylic acids is 1. The minimum Gasteiger partial charge on any atom is -0.744 e. The van der Waals surface area contributed by atoms with Gasteiger partial charge in [-0.25, -0.2) is 8.42 Å². The van der Waals surface area contributed by atoms with Gasteiger partial charge in [0.1, 0.15) is 29.4 Å². The van der Waals surface area contributed by atoms with Crippen LogP contribution in [0.1, 0.15) is 134 Å². The minimum atomic E-state index is -4.27. The number of ether oxygens (including phenoxy) is 3. The van der Waals surface area contributed by atoms with Crippen LogP contribution in [-0.4, -0.2) is 44.5 Å². The van der Waals surface area contributed by atoms with E-state index >= 15 is 0 Å². The molecule has 0 saturated carbocycles. The van der Waals surface area contributed by atoms with E-state index in [4.69, 9.17) is 14.2 Å². The summed E-state index contributed by atoms with van der Waals surface area (Å²) in [5, 5.41) is 2.06. The first-order chi connectivity index (χ1) is 22.3. The van der Waals surface area contributed by atoms with Gasteiger partial charge in [0.15, 0.2) is 12.5 Å². The Labute approximate surface area is 283 Å². The van der Waals surface area contributed by atoms with E-state index in [9.17, 15) is 17.8 Å². The number of unbranched alkanes of at least 4 members (excludes halogenated alkanes) is 15. The van der Waals surface area contributed by atoms with Crippen LogP contribution in [-0.2, 0) is 35.7 Å². The molecule has 0 unspecified atom stereocenters. The van der Waals surface area contributed by atoms with Gasteiger partial charge in [0.2, 0.25) is 5.51 Å². The number of rotatable bonds is 24. The Bertz CT molecular complexity index is 1120. The van der Waals surface area contributed by atoms with Crippen molar-refractivity contribution < 1.29 is 36.5 Å². The topological polar surface area (TPSA) is 106 Å². The van der Waals surface area contributed by atoms with Crippen molar-refractivity contribution in [3.63, 3.8) is 0 Å². The van der Waals surface area contributed by atoms with Crippen LogP contribution < -0.4 is 4.57 Å². The molecule has 46 heavy (non-hydrogen) atoms. The fourth-order valence-corrected chi connectivity index (χ4v) is 6.44. The first-order valence-electron chi connectivity index (χ1n) is 17.6. The highest BCUT2D eigenvalue weighted by molar-refractivity contribution is 7.85. The normalized spacial score (nSPS) is 16.2. The van der Waals surface area contributed by atoms with Gasteiger partial charge in [-0.1, -0.05) is 126 Å². The summed E-state index contributed by atoms with van der Waals surface area (Å²) >= 11 is 1.69. The molecule has 1 saturated heterocycles. The molecule has 1 fully saturated rings. The lowest BCUT2D eigenvalue weighted by Gasteiger charge is -2.12. The summed E-state index contributed by atoms with van der Waals surface area (Å²) in [5.41, 5.74) is 3.02. The largest absolute Gasteiger partial charge is 0.744 e. The van der Waals surface area contributed by atoms with Crippen LogP contribution in [0, 0.1) is 6.92 Å². The number of aryl methyl sites for hydroxylation is 2. The van der Waals surface area contributed by atoms with Crippen LogP contribution in [0.3, 0.4) is 0 Å². The fourth-order valence-electron chi connectivity index (χ4n) is 5.34. The minimum absolute atomic E-state index is 0.110. The molecule has 8 nitrogen and oxygen atoms in total. The second kappa shape index (κ2) is 25.2. The van der Waals surface area contributed by atoms with Crippen LogP contribution in [0.5, 0.6) is 0 Å². The third-order valence-electron chi connectivity index (χ3n) is 8.17. The van der Waals surface area contributed by atoms with E-state index < -0.39 is 10.1 Å². The Hall–Kier alpha value is -1.85. The third-order valence-corrected chi connectivity index (χ3v) is 9.69. The summed E-state index contributed by atoms with van der Waals surface area (Å²) in [4.78, 5) is 11.8. The van der Waals surface area contributed by atoms with Crippen molar-refractivity contribution >= 4 is 27.4 Å². The maximum absolute atomic E-state index is 11.9. The van der Waals surface area contributed by atoms with E-state index in [0.29, 0.717) is 19.6 Å². The zero-order valence-electron chi connectivity index (χ0n) is 28.4. The van der Waals surface area contributed by atoms with Gasteiger partial charge in [0.25, 0.3) is 0 Å². The average Bonchev–Trinajstić information content (AvgIpc) is 3.73. The average molecular weight is 682 g/mol. The van der Waals surface area contributed by atoms with Gasteiger partial charge < -0.3 is 18.8 Å². The standard InChI is InChI=1S/C29H52NO4S.C7H8O3S/c1-2-3-4-5-6-7-8-9-10-11-12-13-14-15-16-20-29-33-25-27(34-29)24-32-28(31)19-17-18-21-30-22-23-35-26-30;1-6-2-4-7(5-3-6)11(8,9)10/h22-23,26-27,29H,2-21,24-25H2,1H3;2-5H,1H3,(H,8,9,10)/q+1;/p-1/t27-,29-;/m0./s1. The molecule has 3 rings (SSSR count). The fraction of sp³-hybridized carbons (Fsp3) is 0.722. The molecular weight excluding hydrogens is 623 g/mol. The second-order valence-corrected chi connectivity index (χ2v) is 14.6. The maximum atomic E-state index is 11.9. The van der Waals surface area contributed by atoms with Crippen LogP contribution in [0.2, 0.25) is 0 Å². The van der Waals surface area contributed by atoms with Gasteiger partial charge in [-0.3, -0.25) is 4.79 Å². The van der Waals surface area contributed by atoms with Crippen molar-refractivity contribution in [3.05, 3.63) is 46.9 Å². The predicted molar refractivity (Wildman–Crippen MR) is 183 cm³/mol. The summed E-state index contributed by atoms with van der Waals surface area (Å²) in [6, 6.07) is 5.78. The molecule has 0 aliphatic carbocycles. The number of hydrogen-bond donors (Lipinski definition) is 0. The molecule has 1 aromatic carbocycles. The van der Waals surface area contributed by atoms with E-state index in [-0.39, 0.29) is 23.3 Å². The lowest BCUT2D eigenvalue weighted by atomic mass is 10.0. The van der Waals surface area contributed by atoms with Gasteiger partial charge in [0.05, 0.1) is 16.9 Å². The van der Waals surface area contributed by atoms with E-state index in [1.807, 2.05) is 6.92 Å². The van der Waals surface area contributed by atoms with Crippen molar-refractivity contribution in [3.8, 4) is 0 Å². The molecule has 0 radical (unpaired) electrons. The highest BCUT2D eigenvalue weighted by atomic mass is 32.2. The van der Waals surface area contributed by atoms with Crippen molar-refractivity contribution in [2.24, 2.45) is 0 Å². The van der Waals surface area contributed by atoms with Gasteiger partial charge in [-0.2, -0.15) is 4.57 Å². The highest BCUT2D eigenvalue weighted by Gasteiger charge is 2.26. The monoisotopic (exact) mass is 681 g/mol. The van der Waals surface area contributed by atoms with Crippen LogP contribution in [0.4, 0.5) is 0 Å². The maximum Gasteiger partial charge on any atom is 0.305 e. The molecule has 1 aliphatic heterocycles. The molecular formula is C36H59NO7S2. The molecule has 1 aromatic heterocycles. The van der Waals surface area contributed by atoms with E-state index in [2.05, 4.69) is 28.6 Å². The Morgan fingerprint density at radius 3 is 2.02 bits per heavy atom. The Kier molecular flexibility index (Phi) is 22.1. The van der Waals surface area contributed by atoms with Gasteiger partial charge in [0, 0.05) is 12.8 Å². The van der Waals surface area contributed by atoms with Crippen molar-refractivity contribution in [2.45, 2.75) is 160 Å². The van der Waals surface area contributed by atoms with Crippen LogP contribution in [0.15, 0.2) is 46.2 Å². The van der Waals surface area contributed by atoms with Crippen molar-refractivity contribution in [2.75, 3.05) is 13.2 Å². The van der Waals surface area contributed by atoms with E-state index in [1.54, 1.807) is 23.5 Å². The van der Waals surface area contributed by atoms with Crippen LogP contribution >= 0.6 is 11.3 Å². The van der Waals surface area contributed by atoms with Crippen LogP contribution in [0.25, 0.3) is 0 Å². The Morgan fingerprint density at radius 1 is 0.891 bits per heavy atom. The number of benzene rings is 1. The second-order valence-electron chi connectivity index (χ2n) is 12.4. The molecule has 0 bridgehead atoms. The molecule has 262 valence electrons. The number of aromatic nitrogens is 1. The third kappa shape index (κ3) is 20.4. The van der Waals surface area contributed by atoms with Gasteiger partial charge in [-0.15, -0.1) is 0 Å². The zero-order chi connectivity index (χ0) is 33.3. The highest BCUT2D eigenvalue weighted by Crippen LogP contribution is 2.19. The van der Waals surface area contributed by atoms with E-state index in [0.717, 1.165) is 37.8 Å². The quantitative estimate of drug-likeness (QED) is 0.0473. The van der Waals surface area contributed by atoms with Gasteiger partial charge >= 0.3 is 5.97 Å². The van der Waals surface area contributed by atoms with Gasteiger partial charge in [-0.05, 0) is 38.3 Å². The first-order valence-corrected chi connectivity index (χ1v) is 20.0. The zero-order valence-corrected chi connectivity index (χ0v) is 30.0. The molecule has 0 N–H and O–H groups in total. The summed E-state index contributed by atoms with van der Waals surface area (Å²) in [6.07, 6.45) is 25.7. The van der Waals surface area contributed by atoms with Crippen molar-refractivity contribution in [1.82, 2.24) is 0 Å². The number of nitrogens with zero attached hydrogens (tertiary/aromatic N) is 1. The molecule has 2 heterocycles. The number of hydrogen-bond acceptors (Lipinski definition) is 8. The lowest BCUT2D eigenvalue weighted by Crippen LogP contribution is -2.29. The van der Waals surface area contributed by atoms with Crippen molar-refractivity contribution in [1.29, 1.82) is 0 Å². The Morgan fingerprint density at radius 2 is 1.48 bits per heavy atom. The predicted octanol–water partition coefficient (Wildman–Crippen LogP) is 8.65. The SMILES string of the molecule is CCCCCCCCCCCCCCCCC[C@H]1OC[C@H](COC(=O)CCCC[n+]2ccsc2)O1.Cc1ccc(S(=O)(=O)[O-])cc1. The molecule has 2 aromatic rings. The smallest absolute Gasteiger partial charge is 0.305 e. The molecule has 1 aliphatic rings. The van der Waals surface area contributed by atoms with E-state index in [1.165, 1.54) is 102 Å². The Balaban J connectivity index is 0.000000562. The summed E-state index contributed by atoms with van der Waals surface area (Å²) in [5.74, 6) is -0.130. The molecule has 0 amide bonds. The molecule has 2 atom stereocenters. The number of thiazole rings is 1. The molecule has 10 heteroatoms. The first kappa shape index (κ1) is 40.3. The number of esters is 1. The number of carbonyl (C=O) groups is 1. The lowest BCUT2D eigenvalue weighted by molar-refractivity contribution is -0.692. The summed E-state index contributed by atoms with van der Waals surface area (Å²) in [7, 11) is -4.27. The summed E-state index contributed by atoms with van der Waals surface area (Å²) in [6.45, 7) is 5.91. The molecule has 0 spiro atoms. The summed E-state index contributed by atoms with van der Waals surface area (Å²) < 4.78 is 50.4.